The summed E-state index contributed by atoms with van der Waals surface area (Å²) in [4.78, 5) is 0. The molecule has 0 aromatic rings. The summed E-state index contributed by atoms with van der Waals surface area (Å²) in [7, 11) is 0. The lowest BCUT2D eigenvalue weighted by atomic mass is 10.3. The van der Waals surface area contributed by atoms with Gasteiger partial charge in [-0.2, -0.15) is 0 Å². The van der Waals surface area contributed by atoms with Gasteiger partial charge >= 0.3 is 0 Å². The van der Waals surface area contributed by atoms with Gasteiger partial charge < -0.3 is 5.32 Å². The molecule has 2 unspecified atom stereocenters. The molecule has 0 amide bonds. The standard InChI is InChI=1S/C10H19N/c1-5-7(2)6-11-10-8(3)9(10)4/h5,8-11H,6H2,1-4H3. The van der Waals surface area contributed by atoms with Crippen molar-refractivity contribution >= 4 is 0 Å². The minimum Gasteiger partial charge on any atom is -0.310 e. The molecule has 0 radical (unpaired) electrons. The molecule has 1 heteroatoms. The summed E-state index contributed by atoms with van der Waals surface area (Å²) in [6, 6.07) is 0.782. The fourth-order valence-electron chi connectivity index (χ4n) is 1.42. The van der Waals surface area contributed by atoms with Crippen LogP contribution in [0.3, 0.4) is 0 Å². The second kappa shape index (κ2) is 3.40. The summed E-state index contributed by atoms with van der Waals surface area (Å²) in [5.74, 6) is 1.78. The van der Waals surface area contributed by atoms with E-state index >= 15 is 0 Å². The van der Waals surface area contributed by atoms with Gasteiger partial charge in [-0.3, -0.25) is 0 Å². The van der Waals surface area contributed by atoms with Crippen molar-refractivity contribution in [1.29, 1.82) is 0 Å². The number of hydrogen-bond donors (Lipinski definition) is 1. The lowest BCUT2D eigenvalue weighted by Crippen LogP contribution is -2.20. The van der Waals surface area contributed by atoms with Crippen molar-refractivity contribution in [2.45, 2.75) is 33.7 Å². The van der Waals surface area contributed by atoms with E-state index in [2.05, 4.69) is 39.1 Å². The third kappa shape index (κ3) is 2.06. The number of nitrogens with one attached hydrogen (secondary N) is 1. The highest BCUT2D eigenvalue weighted by molar-refractivity contribution is 5.03. The molecular weight excluding hydrogens is 134 g/mol. The third-order valence-corrected chi connectivity index (χ3v) is 2.93. The van der Waals surface area contributed by atoms with Crippen LogP contribution in [0.25, 0.3) is 0 Å². The quantitative estimate of drug-likeness (QED) is 0.613. The lowest BCUT2D eigenvalue weighted by Gasteiger charge is -2.02. The average Bonchev–Trinajstić information content (AvgIpc) is 2.56. The van der Waals surface area contributed by atoms with Crippen LogP contribution >= 0.6 is 0 Å². The van der Waals surface area contributed by atoms with Gasteiger partial charge in [-0.1, -0.05) is 25.5 Å². The molecule has 1 aliphatic rings. The van der Waals surface area contributed by atoms with Crippen molar-refractivity contribution in [2.75, 3.05) is 6.54 Å². The normalized spacial score (nSPS) is 37.5. The van der Waals surface area contributed by atoms with Gasteiger partial charge in [0.1, 0.15) is 0 Å². The van der Waals surface area contributed by atoms with E-state index in [1.165, 1.54) is 5.57 Å². The number of hydrogen-bond acceptors (Lipinski definition) is 1. The van der Waals surface area contributed by atoms with Crippen LogP contribution in [0.1, 0.15) is 27.7 Å². The summed E-state index contributed by atoms with van der Waals surface area (Å²) in [5, 5.41) is 3.54. The van der Waals surface area contributed by atoms with E-state index in [9.17, 15) is 0 Å². The molecule has 0 aromatic carbocycles. The van der Waals surface area contributed by atoms with Crippen LogP contribution in [-0.2, 0) is 0 Å². The molecule has 0 spiro atoms. The molecule has 64 valence electrons. The lowest BCUT2D eigenvalue weighted by molar-refractivity contribution is 0.677. The first kappa shape index (κ1) is 8.79. The maximum atomic E-state index is 3.54. The highest BCUT2D eigenvalue weighted by Crippen LogP contribution is 2.37. The fourth-order valence-corrected chi connectivity index (χ4v) is 1.42. The van der Waals surface area contributed by atoms with E-state index in [4.69, 9.17) is 0 Å². The van der Waals surface area contributed by atoms with Gasteiger partial charge in [-0.05, 0) is 25.7 Å². The zero-order valence-electron chi connectivity index (χ0n) is 8.02. The van der Waals surface area contributed by atoms with E-state index in [0.717, 1.165) is 24.4 Å². The molecule has 0 aromatic heterocycles. The molecular formula is C10H19N. The highest BCUT2D eigenvalue weighted by Gasteiger charge is 2.41. The van der Waals surface area contributed by atoms with Crippen molar-refractivity contribution in [3.8, 4) is 0 Å². The second-order valence-corrected chi connectivity index (χ2v) is 3.76. The monoisotopic (exact) mass is 153 g/mol. The number of allylic oxidation sites excluding steroid dienone is 1. The molecule has 0 saturated heterocycles. The zero-order chi connectivity index (χ0) is 8.43. The van der Waals surface area contributed by atoms with E-state index < -0.39 is 0 Å². The highest BCUT2D eigenvalue weighted by atomic mass is 15.0. The molecule has 0 heterocycles. The Balaban J connectivity index is 2.15. The van der Waals surface area contributed by atoms with Crippen LogP contribution in [0.4, 0.5) is 0 Å². The summed E-state index contributed by atoms with van der Waals surface area (Å²) in [6.07, 6.45) is 2.17. The third-order valence-electron chi connectivity index (χ3n) is 2.93. The van der Waals surface area contributed by atoms with Crippen molar-refractivity contribution in [2.24, 2.45) is 11.8 Å². The number of rotatable bonds is 3. The van der Waals surface area contributed by atoms with Gasteiger partial charge in [0.05, 0.1) is 0 Å². The van der Waals surface area contributed by atoms with Gasteiger partial charge in [0.15, 0.2) is 0 Å². The van der Waals surface area contributed by atoms with Gasteiger partial charge in [0.25, 0.3) is 0 Å². The first-order valence-corrected chi connectivity index (χ1v) is 4.52. The topological polar surface area (TPSA) is 12.0 Å². The van der Waals surface area contributed by atoms with Crippen molar-refractivity contribution in [3.05, 3.63) is 11.6 Å². The minimum absolute atomic E-state index is 0.782. The van der Waals surface area contributed by atoms with Crippen LogP contribution < -0.4 is 5.32 Å². The molecule has 0 aliphatic heterocycles. The molecule has 2 atom stereocenters. The van der Waals surface area contributed by atoms with E-state index in [1.807, 2.05) is 0 Å². The van der Waals surface area contributed by atoms with Crippen LogP contribution in [-0.4, -0.2) is 12.6 Å². The van der Waals surface area contributed by atoms with Gasteiger partial charge in [0.2, 0.25) is 0 Å². The summed E-state index contributed by atoms with van der Waals surface area (Å²) in [6.45, 7) is 9.96. The van der Waals surface area contributed by atoms with Crippen LogP contribution in [0.5, 0.6) is 0 Å². The van der Waals surface area contributed by atoms with Gasteiger partial charge in [-0.25, -0.2) is 0 Å². The average molecular weight is 153 g/mol. The Morgan fingerprint density at radius 1 is 1.36 bits per heavy atom. The first-order chi connectivity index (χ1) is 5.16. The Labute approximate surface area is 69.9 Å². The van der Waals surface area contributed by atoms with Crippen molar-refractivity contribution < 1.29 is 0 Å². The first-order valence-electron chi connectivity index (χ1n) is 4.52. The van der Waals surface area contributed by atoms with Crippen LogP contribution in [0.15, 0.2) is 11.6 Å². The molecule has 1 N–H and O–H groups in total. The second-order valence-electron chi connectivity index (χ2n) is 3.76. The van der Waals surface area contributed by atoms with E-state index in [0.29, 0.717) is 0 Å². The largest absolute Gasteiger partial charge is 0.310 e. The Hall–Kier alpha value is -0.300. The molecule has 11 heavy (non-hydrogen) atoms. The molecule has 0 bridgehead atoms. The summed E-state index contributed by atoms with van der Waals surface area (Å²) >= 11 is 0. The van der Waals surface area contributed by atoms with Gasteiger partial charge in [-0.15, -0.1) is 0 Å². The van der Waals surface area contributed by atoms with Gasteiger partial charge in [0, 0.05) is 12.6 Å². The van der Waals surface area contributed by atoms with Crippen LogP contribution in [0, 0.1) is 11.8 Å². The maximum absolute atomic E-state index is 3.54. The smallest absolute Gasteiger partial charge is 0.0164 e. The SMILES string of the molecule is CC=C(C)CNC1C(C)C1C. The summed E-state index contributed by atoms with van der Waals surface area (Å²) in [5.41, 5.74) is 1.44. The molecule has 1 nitrogen and oxygen atoms in total. The van der Waals surface area contributed by atoms with E-state index in [1.54, 1.807) is 0 Å². The minimum atomic E-state index is 0.782. The predicted octanol–water partition coefficient (Wildman–Crippen LogP) is 2.20. The molecule has 1 aliphatic carbocycles. The molecule has 1 saturated carbocycles. The predicted molar refractivity (Wildman–Crippen MR) is 49.5 cm³/mol. The molecule has 1 rings (SSSR count). The Kier molecular flexibility index (Phi) is 2.72. The van der Waals surface area contributed by atoms with Crippen LogP contribution in [0.2, 0.25) is 0 Å². The Morgan fingerprint density at radius 2 is 1.91 bits per heavy atom. The Morgan fingerprint density at radius 3 is 2.27 bits per heavy atom. The maximum Gasteiger partial charge on any atom is 0.0164 e. The van der Waals surface area contributed by atoms with Crippen molar-refractivity contribution in [1.82, 2.24) is 5.32 Å². The Bertz CT molecular complexity index is 152. The molecule has 1 fully saturated rings. The van der Waals surface area contributed by atoms with E-state index in [-0.39, 0.29) is 0 Å². The summed E-state index contributed by atoms with van der Waals surface area (Å²) < 4.78 is 0. The zero-order valence-corrected chi connectivity index (χ0v) is 8.02. The van der Waals surface area contributed by atoms with Crippen molar-refractivity contribution in [3.63, 3.8) is 0 Å². The fraction of sp³-hybridized carbons (Fsp3) is 0.800.